The third-order valence-corrected chi connectivity index (χ3v) is 6.36. The molecule has 2 aliphatic heterocycles. The van der Waals surface area contributed by atoms with Crippen molar-refractivity contribution in [3.63, 3.8) is 0 Å². The number of hydrogen-bond acceptors (Lipinski definition) is 4. The van der Waals surface area contributed by atoms with Crippen molar-refractivity contribution in [2.45, 2.75) is 46.1 Å². The zero-order valence-corrected chi connectivity index (χ0v) is 17.1. The summed E-state index contributed by atoms with van der Waals surface area (Å²) in [7, 11) is 1.60. The Hall–Kier alpha value is -1.33. The number of anilines is 1. The number of halogens is 1. The Bertz CT molecular complexity index is 650. The summed E-state index contributed by atoms with van der Waals surface area (Å²) >= 11 is 6.42. The number of aromatic nitrogens is 1. The minimum absolute atomic E-state index is 0.209. The maximum Gasteiger partial charge on any atom is 0.269 e. The van der Waals surface area contributed by atoms with E-state index in [0.29, 0.717) is 22.2 Å². The number of piperidine rings is 1. The minimum atomic E-state index is -0.209. The fourth-order valence-electron chi connectivity index (χ4n) is 4.21. The van der Waals surface area contributed by atoms with E-state index in [1.165, 1.54) is 19.5 Å². The van der Waals surface area contributed by atoms with Gasteiger partial charge in [-0.3, -0.25) is 9.69 Å². The minimum Gasteiger partial charge on any atom is -0.369 e. The van der Waals surface area contributed by atoms with Gasteiger partial charge in [0.05, 0.1) is 16.9 Å². The van der Waals surface area contributed by atoms with Gasteiger partial charge in [0.1, 0.15) is 5.69 Å². The van der Waals surface area contributed by atoms with Crippen LogP contribution in [0.25, 0.3) is 0 Å². The van der Waals surface area contributed by atoms with Gasteiger partial charge in [0.15, 0.2) is 0 Å². The van der Waals surface area contributed by atoms with Gasteiger partial charge >= 0.3 is 0 Å². The van der Waals surface area contributed by atoms with E-state index in [4.69, 9.17) is 11.6 Å². The van der Waals surface area contributed by atoms with E-state index < -0.39 is 0 Å². The van der Waals surface area contributed by atoms with Gasteiger partial charge in [0, 0.05) is 32.7 Å². The molecule has 5 nitrogen and oxygen atoms in total. The van der Waals surface area contributed by atoms with Crippen molar-refractivity contribution in [1.82, 2.24) is 15.2 Å². The van der Waals surface area contributed by atoms with Crippen LogP contribution >= 0.6 is 11.6 Å². The molecule has 2 saturated heterocycles. The van der Waals surface area contributed by atoms with Gasteiger partial charge in [-0.2, -0.15) is 0 Å². The normalized spacial score (nSPS) is 22.7. The average Bonchev–Trinajstić information content (AvgIpc) is 3.11. The molecule has 1 aromatic heterocycles. The molecule has 1 unspecified atom stereocenters. The van der Waals surface area contributed by atoms with Crippen LogP contribution in [-0.2, 0) is 0 Å². The van der Waals surface area contributed by atoms with Crippen molar-refractivity contribution in [2.75, 3.05) is 38.1 Å². The standard InChI is InChI=1S/C20H31ClN4O/c1-20(2,3)14-5-8-25(13-14)15-6-9-24(10-7-15)18-12-23-17(11-16(18)21)19(26)22-4/h11-12,14-15H,5-10,13H2,1-4H3,(H,22,26). The van der Waals surface area contributed by atoms with Crippen LogP contribution in [0.3, 0.4) is 0 Å². The number of likely N-dealkylation sites (tertiary alicyclic amines) is 1. The van der Waals surface area contributed by atoms with Crippen molar-refractivity contribution >= 4 is 23.2 Å². The Kier molecular flexibility index (Phi) is 5.78. The average molecular weight is 379 g/mol. The number of hydrogen-bond donors (Lipinski definition) is 1. The number of rotatable bonds is 3. The van der Waals surface area contributed by atoms with Gasteiger partial charge < -0.3 is 10.2 Å². The van der Waals surface area contributed by atoms with Gasteiger partial charge in [-0.05, 0) is 43.2 Å². The molecule has 0 radical (unpaired) electrons. The highest BCUT2D eigenvalue weighted by Gasteiger charge is 2.35. The predicted octanol–water partition coefficient (Wildman–Crippen LogP) is 3.43. The number of nitrogens with zero attached hydrogens (tertiary/aromatic N) is 3. The molecule has 3 heterocycles. The summed E-state index contributed by atoms with van der Waals surface area (Å²) in [5.74, 6) is 0.594. The highest BCUT2D eigenvalue weighted by atomic mass is 35.5. The van der Waals surface area contributed by atoms with E-state index in [1.807, 2.05) is 0 Å². The maximum absolute atomic E-state index is 11.7. The first-order valence-corrected chi connectivity index (χ1v) is 10.0. The molecule has 26 heavy (non-hydrogen) atoms. The first kappa shape index (κ1) is 19.4. The Balaban J connectivity index is 1.58. The fraction of sp³-hybridized carbons (Fsp3) is 0.700. The Morgan fingerprint density at radius 1 is 1.23 bits per heavy atom. The molecule has 1 atom stereocenters. The van der Waals surface area contributed by atoms with Crippen LogP contribution in [0.2, 0.25) is 5.02 Å². The van der Waals surface area contributed by atoms with Crippen LogP contribution in [0.5, 0.6) is 0 Å². The first-order valence-electron chi connectivity index (χ1n) is 9.66. The number of amides is 1. The quantitative estimate of drug-likeness (QED) is 0.875. The van der Waals surface area contributed by atoms with Crippen molar-refractivity contribution in [3.05, 3.63) is 23.0 Å². The topological polar surface area (TPSA) is 48.5 Å². The van der Waals surface area contributed by atoms with Crippen LogP contribution in [0.1, 0.15) is 50.5 Å². The summed E-state index contributed by atoms with van der Waals surface area (Å²) in [6.45, 7) is 11.5. The second kappa shape index (κ2) is 7.73. The molecule has 2 fully saturated rings. The van der Waals surface area contributed by atoms with E-state index in [1.54, 1.807) is 19.3 Å². The van der Waals surface area contributed by atoms with E-state index in [9.17, 15) is 4.79 Å². The molecule has 2 aliphatic rings. The van der Waals surface area contributed by atoms with E-state index in [0.717, 1.165) is 37.5 Å². The van der Waals surface area contributed by atoms with Gasteiger partial charge in [-0.15, -0.1) is 0 Å². The van der Waals surface area contributed by atoms with E-state index in [2.05, 4.69) is 40.9 Å². The summed E-state index contributed by atoms with van der Waals surface area (Å²) in [6.07, 6.45) is 5.37. The molecule has 3 rings (SSSR count). The van der Waals surface area contributed by atoms with Crippen molar-refractivity contribution in [1.29, 1.82) is 0 Å². The highest BCUT2D eigenvalue weighted by Crippen LogP contribution is 2.36. The molecule has 0 saturated carbocycles. The van der Waals surface area contributed by atoms with Crippen LogP contribution < -0.4 is 10.2 Å². The summed E-state index contributed by atoms with van der Waals surface area (Å²) < 4.78 is 0. The highest BCUT2D eigenvalue weighted by molar-refractivity contribution is 6.33. The molecule has 1 amide bonds. The summed E-state index contributed by atoms with van der Waals surface area (Å²) in [5, 5.41) is 3.18. The maximum atomic E-state index is 11.7. The summed E-state index contributed by atoms with van der Waals surface area (Å²) in [6, 6.07) is 2.34. The third-order valence-electron chi connectivity index (χ3n) is 6.06. The molecule has 0 spiro atoms. The third kappa shape index (κ3) is 4.15. The SMILES string of the molecule is CNC(=O)c1cc(Cl)c(N2CCC(N3CCC(C(C)(C)C)C3)CC2)cn1. The number of nitrogens with one attached hydrogen (secondary N) is 1. The molecule has 1 N–H and O–H groups in total. The van der Waals surface area contributed by atoms with Crippen LogP contribution in [0, 0.1) is 11.3 Å². The Morgan fingerprint density at radius 2 is 1.92 bits per heavy atom. The number of carbonyl (C=O) groups is 1. The predicted molar refractivity (Wildman–Crippen MR) is 107 cm³/mol. The monoisotopic (exact) mass is 378 g/mol. The molecule has 144 valence electrons. The Labute approximate surface area is 162 Å². The lowest BCUT2D eigenvalue weighted by atomic mass is 9.80. The lowest BCUT2D eigenvalue weighted by molar-refractivity contribution is 0.0958. The molecular weight excluding hydrogens is 348 g/mol. The molecular formula is C20H31ClN4O. The van der Waals surface area contributed by atoms with Crippen molar-refractivity contribution < 1.29 is 4.79 Å². The van der Waals surface area contributed by atoms with Gasteiger partial charge in [-0.1, -0.05) is 32.4 Å². The largest absolute Gasteiger partial charge is 0.369 e. The van der Waals surface area contributed by atoms with Crippen molar-refractivity contribution in [3.8, 4) is 0 Å². The number of pyridine rings is 1. The molecule has 0 aromatic carbocycles. The summed E-state index contributed by atoms with van der Waals surface area (Å²) in [5.41, 5.74) is 1.70. The summed E-state index contributed by atoms with van der Waals surface area (Å²) in [4.78, 5) is 21.0. The lowest BCUT2D eigenvalue weighted by Crippen LogP contribution is -2.44. The number of carbonyl (C=O) groups excluding carboxylic acids is 1. The van der Waals surface area contributed by atoms with Crippen molar-refractivity contribution in [2.24, 2.45) is 11.3 Å². The molecule has 0 bridgehead atoms. The lowest BCUT2D eigenvalue weighted by Gasteiger charge is -2.38. The van der Waals surface area contributed by atoms with Gasteiger partial charge in [-0.25, -0.2) is 4.98 Å². The van der Waals surface area contributed by atoms with Crippen LogP contribution in [0.4, 0.5) is 5.69 Å². The van der Waals surface area contributed by atoms with E-state index in [-0.39, 0.29) is 5.91 Å². The van der Waals surface area contributed by atoms with Gasteiger partial charge in [0.2, 0.25) is 0 Å². The molecule has 0 aliphatic carbocycles. The second-order valence-electron chi connectivity index (χ2n) is 8.66. The van der Waals surface area contributed by atoms with Gasteiger partial charge in [0.25, 0.3) is 5.91 Å². The molecule has 6 heteroatoms. The first-order chi connectivity index (χ1) is 12.3. The van der Waals surface area contributed by atoms with Crippen LogP contribution in [0.15, 0.2) is 12.3 Å². The van der Waals surface area contributed by atoms with E-state index >= 15 is 0 Å². The zero-order chi connectivity index (χ0) is 18.9. The zero-order valence-electron chi connectivity index (χ0n) is 16.4. The molecule has 1 aromatic rings. The smallest absolute Gasteiger partial charge is 0.269 e. The second-order valence-corrected chi connectivity index (χ2v) is 9.07. The van der Waals surface area contributed by atoms with Crippen LogP contribution in [-0.4, -0.2) is 55.1 Å². The Morgan fingerprint density at radius 3 is 2.46 bits per heavy atom. The fourth-order valence-corrected chi connectivity index (χ4v) is 4.48.